The van der Waals surface area contributed by atoms with Crippen molar-refractivity contribution in [2.75, 3.05) is 18.5 Å². The first-order valence-electron chi connectivity index (χ1n) is 4.82. The molecule has 2 N–H and O–H groups in total. The van der Waals surface area contributed by atoms with Gasteiger partial charge in [-0.25, -0.2) is 0 Å². The molecule has 1 aliphatic rings. The van der Waals surface area contributed by atoms with Gasteiger partial charge in [0.25, 0.3) is 0 Å². The average Bonchev–Trinajstić information content (AvgIpc) is 2.66. The molecule has 1 aliphatic heterocycles. The van der Waals surface area contributed by atoms with Crippen LogP contribution in [0.5, 0.6) is 0 Å². The monoisotopic (exact) mass is 204 g/mol. The summed E-state index contributed by atoms with van der Waals surface area (Å²) in [6.07, 6.45) is -0.458. The highest BCUT2D eigenvalue weighted by Crippen LogP contribution is 2.14. The van der Waals surface area contributed by atoms with Gasteiger partial charge in [0.05, 0.1) is 37.0 Å². The lowest BCUT2D eigenvalue weighted by molar-refractivity contribution is 0.125. The minimum atomic E-state index is -0.458. The summed E-state index contributed by atoms with van der Waals surface area (Å²) in [6.45, 7) is 0.898. The fourth-order valence-corrected chi connectivity index (χ4v) is 1.54. The Kier molecular flexibility index (Phi) is 2.86. The number of rotatable bonds is 2. The van der Waals surface area contributed by atoms with Crippen LogP contribution in [0.15, 0.2) is 24.3 Å². The molecule has 1 heterocycles. The van der Waals surface area contributed by atoms with Gasteiger partial charge in [0.15, 0.2) is 0 Å². The largest absolute Gasteiger partial charge is 0.388 e. The number of hydrogen-bond acceptors (Lipinski definition) is 4. The number of aliphatic hydroxyl groups is 1. The summed E-state index contributed by atoms with van der Waals surface area (Å²) in [5.41, 5.74) is 1.52. The number of nitrogens with zero attached hydrogens (tertiary/aromatic N) is 1. The number of hydrogen-bond donors (Lipinski definition) is 2. The molecule has 1 fully saturated rings. The molecule has 0 aliphatic carbocycles. The highest BCUT2D eigenvalue weighted by atomic mass is 16.5. The van der Waals surface area contributed by atoms with Crippen LogP contribution in [0.3, 0.4) is 0 Å². The lowest BCUT2D eigenvalue weighted by Crippen LogP contribution is -2.31. The van der Waals surface area contributed by atoms with Crippen LogP contribution in [0.1, 0.15) is 5.56 Å². The van der Waals surface area contributed by atoms with Crippen molar-refractivity contribution in [2.45, 2.75) is 12.1 Å². The lowest BCUT2D eigenvalue weighted by Gasteiger charge is -2.15. The third-order valence-corrected chi connectivity index (χ3v) is 2.42. The maximum Gasteiger partial charge on any atom is 0.0996 e. The third-order valence-electron chi connectivity index (χ3n) is 2.42. The van der Waals surface area contributed by atoms with E-state index in [-0.39, 0.29) is 6.04 Å². The van der Waals surface area contributed by atoms with Crippen molar-refractivity contribution < 1.29 is 9.84 Å². The molecular weight excluding hydrogens is 192 g/mol. The van der Waals surface area contributed by atoms with Crippen molar-refractivity contribution in [3.05, 3.63) is 29.8 Å². The Hall–Kier alpha value is -1.57. The van der Waals surface area contributed by atoms with Crippen molar-refractivity contribution in [3.63, 3.8) is 0 Å². The second kappa shape index (κ2) is 4.30. The van der Waals surface area contributed by atoms with Gasteiger partial charge >= 0.3 is 0 Å². The minimum absolute atomic E-state index is 0.0575. The second-order valence-electron chi connectivity index (χ2n) is 3.54. The molecule has 4 heteroatoms. The molecule has 0 spiro atoms. The lowest BCUT2D eigenvalue weighted by atomic mass is 10.2. The molecule has 0 bridgehead atoms. The van der Waals surface area contributed by atoms with E-state index >= 15 is 0 Å². The summed E-state index contributed by atoms with van der Waals surface area (Å²) < 4.78 is 5.12. The molecule has 1 aromatic rings. The van der Waals surface area contributed by atoms with Crippen LogP contribution in [-0.4, -0.2) is 30.5 Å². The van der Waals surface area contributed by atoms with E-state index in [0.29, 0.717) is 18.8 Å². The van der Waals surface area contributed by atoms with Crippen molar-refractivity contribution in [2.24, 2.45) is 0 Å². The van der Waals surface area contributed by atoms with Crippen LogP contribution in [0, 0.1) is 11.3 Å². The number of anilines is 1. The highest BCUT2D eigenvalue weighted by Gasteiger charge is 2.25. The normalized spacial score (nSPS) is 24.8. The van der Waals surface area contributed by atoms with E-state index in [1.807, 2.05) is 12.1 Å². The van der Waals surface area contributed by atoms with Crippen LogP contribution >= 0.6 is 0 Å². The standard InChI is InChI=1S/C11H12N2O2/c12-5-8-1-3-9(4-2-8)13-10-6-15-7-11(10)14/h1-4,10-11,13-14H,6-7H2. The first kappa shape index (κ1) is 9.97. The maximum atomic E-state index is 9.51. The first-order valence-corrected chi connectivity index (χ1v) is 4.82. The predicted octanol–water partition coefficient (Wildman–Crippen LogP) is 0.730. The molecule has 0 aromatic heterocycles. The molecule has 78 valence electrons. The fraction of sp³-hybridized carbons (Fsp3) is 0.364. The zero-order valence-electron chi connectivity index (χ0n) is 8.18. The smallest absolute Gasteiger partial charge is 0.0996 e. The van der Waals surface area contributed by atoms with E-state index in [1.54, 1.807) is 12.1 Å². The predicted molar refractivity (Wildman–Crippen MR) is 55.4 cm³/mol. The van der Waals surface area contributed by atoms with E-state index in [1.165, 1.54) is 0 Å². The summed E-state index contributed by atoms with van der Waals surface area (Å²) in [6, 6.07) is 9.12. The summed E-state index contributed by atoms with van der Waals surface area (Å²) in [5, 5.41) is 21.3. The molecule has 0 radical (unpaired) electrons. The molecule has 1 saturated heterocycles. The third kappa shape index (κ3) is 2.27. The van der Waals surface area contributed by atoms with Crippen LogP contribution in [-0.2, 0) is 4.74 Å². The Bertz CT molecular complexity index is 369. The van der Waals surface area contributed by atoms with Crippen molar-refractivity contribution in [1.29, 1.82) is 5.26 Å². The summed E-state index contributed by atoms with van der Waals surface area (Å²) in [4.78, 5) is 0. The zero-order chi connectivity index (χ0) is 10.7. The SMILES string of the molecule is N#Cc1ccc(NC2COCC2O)cc1. The van der Waals surface area contributed by atoms with Crippen molar-refractivity contribution >= 4 is 5.69 Å². The van der Waals surface area contributed by atoms with Crippen LogP contribution in [0.4, 0.5) is 5.69 Å². The Morgan fingerprint density at radius 3 is 2.60 bits per heavy atom. The molecule has 4 nitrogen and oxygen atoms in total. The highest BCUT2D eigenvalue weighted by molar-refractivity contribution is 5.48. The molecule has 0 saturated carbocycles. The number of benzene rings is 1. The molecule has 2 atom stereocenters. The number of nitrogens with one attached hydrogen (secondary N) is 1. The van der Waals surface area contributed by atoms with Gasteiger partial charge < -0.3 is 15.2 Å². The van der Waals surface area contributed by atoms with Crippen LogP contribution in [0.2, 0.25) is 0 Å². The van der Waals surface area contributed by atoms with Gasteiger partial charge in [0.2, 0.25) is 0 Å². The molecular formula is C11H12N2O2. The average molecular weight is 204 g/mol. The molecule has 2 rings (SSSR count). The number of ether oxygens (including phenoxy) is 1. The van der Waals surface area contributed by atoms with Crippen LogP contribution in [0.25, 0.3) is 0 Å². The van der Waals surface area contributed by atoms with E-state index in [4.69, 9.17) is 10.00 Å². The molecule has 2 unspecified atom stereocenters. The van der Waals surface area contributed by atoms with Gasteiger partial charge in [-0.3, -0.25) is 0 Å². The Balaban J connectivity index is 2.02. The maximum absolute atomic E-state index is 9.51. The molecule has 1 aromatic carbocycles. The molecule has 0 amide bonds. The first-order chi connectivity index (χ1) is 7.29. The Morgan fingerprint density at radius 2 is 2.07 bits per heavy atom. The second-order valence-corrected chi connectivity index (χ2v) is 3.54. The number of nitriles is 1. The van der Waals surface area contributed by atoms with Gasteiger partial charge in [-0.2, -0.15) is 5.26 Å². The quantitative estimate of drug-likeness (QED) is 0.745. The fourth-order valence-electron chi connectivity index (χ4n) is 1.54. The summed E-state index contributed by atoms with van der Waals surface area (Å²) >= 11 is 0. The van der Waals surface area contributed by atoms with Gasteiger partial charge in [-0.15, -0.1) is 0 Å². The zero-order valence-corrected chi connectivity index (χ0v) is 8.18. The van der Waals surface area contributed by atoms with Gasteiger partial charge in [-0.1, -0.05) is 0 Å². The minimum Gasteiger partial charge on any atom is -0.388 e. The van der Waals surface area contributed by atoms with Crippen LogP contribution < -0.4 is 5.32 Å². The van der Waals surface area contributed by atoms with Crippen molar-refractivity contribution in [3.8, 4) is 6.07 Å². The van der Waals surface area contributed by atoms with E-state index in [2.05, 4.69) is 11.4 Å². The van der Waals surface area contributed by atoms with E-state index in [0.717, 1.165) is 5.69 Å². The summed E-state index contributed by atoms with van der Waals surface area (Å²) in [7, 11) is 0. The van der Waals surface area contributed by atoms with E-state index < -0.39 is 6.10 Å². The molecule has 15 heavy (non-hydrogen) atoms. The van der Waals surface area contributed by atoms with Gasteiger partial charge in [0, 0.05) is 5.69 Å². The number of aliphatic hydroxyl groups excluding tert-OH is 1. The van der Waals surface area contributed by atoms with Gasteiger partial charge in [-0.05, 0) is 24.3 Å². The van der Waals surface area contributed by atoms with E-state index in [9.17, 15) is 5.11 Å². The van der Waals surface area contributed by atoms with Crippen molar-refractivity contribution in [1.82, 2.24) is 0 Å². The topological polar surface area (TPSA) is 65.3 Å². The van der Waals surface area contributed by atoms with Gasteiger partial charge in [0.1, 0.15) is 0 Å². The summed E-state index contributed by atoms with van der Waals surface area (Å²) in [5.74, 6) is 0. The Morgan fingerprint density at radius 1 is 1.33 bits per heavy atom. The Labute approximate surface area is 88.1 Å².